The van der Waals surface area contributed by atoms with Gasteiger partial charge in [0, 0.05) is 34.5 Å². The molecule has 6 heterocycles. The van der Waals surface area contributed by atoms with E-state index in [2.05, 4.69) is 49.5 Å². The summed E-state index contributed by atoms with van der Waals surface area (Å²) in [7, 11) is 0. The van der Waals surface area contributed by atoms with Crippen LogP contribution in [0.15, 0.2) is 85.2 Å². The smallest absolute Gasteiger partial charge is 0.0658 e. The van der Waals surface area contributed by atoms with E-state index in [1.54, 1.807) is 0 Å². The molecule has 5 nitrogen and oxygen atoms in total. The highest BCUT2D eigenvalue weighted by atomic mass is 14.8. The molecule has 3 aromatic rings. The number of H-pyrrole nitrogens is 2. The molecule has 0 saturated carbocycles. The summed E-state index contributed by atoms with van der Waals surface area (Å²) in [5.74, 6) is 0. The fourth-order valence-corrected chi connectivity index (χ4v) is 3.35. The monoisotopic (exact) mass is 403 g/mol. The third-order valence-corrected chi connectivity index (χ3v) is 4.76. The van der Waals surface area contributed by atoms with Crippen molar-refractivity contribution in [3.63, 3.8) is 0 Å². The van der Waals surface area contributed by atoms with Crippen molar-refractivity contribution in [2.24, 2.45) is 0 Å². The van der Waals surface area contributed by atoms with Gasteiger partial charge in [0.25, 0.3) is 0 Å². The van der Waals surface area contributed by atoms with E-state index in [1.807, 2.05) is 85.3 Å². The van der Waals surface area contributed by atoms with Crippen molar-refractivity contribution in [2.75, 3.05) is 0 Å². The molecule has 0 unspecified atom stereocenters. The van der Waals surface area contributed by atoms with Crippen LogP contribution in [0.25, 0.3) is 46.4 Å². The minimum absolute atomic E-state index is 0.939. The van der Waals surface area contributed by atoms with Crippen molar-refractivity contribution in [1.29, 1.82) is 0 Å². The van der Waals surface area contributed by atoms with Crippen molar-refractivity contribution in [2.45, 2.75) is 0 Å². The highest BCUT2D eigenvalue weighted by Gasteiger charge is 2.01. The van der Waals surface area contributed by atoms with Gasteiger partial charge < -0.3 is 15.3 Å². The highest BCUT2D eigenvalue weighted by Crippen LogP contribution is 2.16. The number of rotatable bonds is 0. The summed E-state index contributed by atoms with van der Waals surface area (Å²) in [6.45, 7) is 0. The SMILES string of the molecule is C1=CC=CNC=C1.C1=Cc2cc3ccc(cc4nc(cc5ccc(cc1n2)[nH]5)C=C4)[nH]3. The van der Waals surface area contributed by atoms with Gasteiger partial charge >= 0.3 is 0 Å². The van der Waals surface area contributed by atoms with E-state index in [1.165, 1.54) is 0 Å². The normalized spacial score (nSPS) is 13.4. The summed E-state index contributed by atoms with van der Waals surface area (Å²) in [4.78, 5) is 16.0. The van der Waals surface area contributed by atoms with Gasteiger partial charge in [0.2, 0.25) is 0 Å². The fraction of sp³-hybridized carbons (Fsp3) is 0. The predicted octanol–water partition coefficient (Wildman–Crippen LogP) is 5.83. The maximum atomic E-state index is 4.63. The lowest BCUT2D eigenvalue weighted by Crippen LogP contribution is -1.87. The van der Waals surface area contributed by atoms with Crippen LogP contribution in [-0.2, 0) is 0 Å². The van der Waals surface area contributed by atoms with Crippen molar-refractivity contribution in [1.82, 2.24) is 25.3 Å². The zero-order valence-electron chi connectivity index (χ0n) is 16.8. The Morgan fingerprint density at radius 1 is 0.452 bits per heavy atom. The number of hydrogen-bond donors (Lipinski definition) is 3. The Labute approximate surface area is 179 Å². The Hall–Kier alpha value is -4.38. The molecule has 0 radical (unpaired) electrons. The summed E-state index contributed by atoms with van der Waals surface area (Å²) < 4.78 is 0. The standard InChI is InChI=1S/C20H14N4.C6H7N/c1-2-14-10-16-5-6-18(23-16)12-20-8-7-19(24-20)11-17-4-3-15(22-17)9-13(1)21-14;1-2-4-6-7-5-3-1/h1-12,21,24H;1-7H. The number of nitrogens with zero attached hydrogens (tertiary/aromatic N) is 2. The van der Waals surface area contributed by atoms with Crippen molar-refractivity contribution < 1.29 is 0 Å². The van der Waals surface area contributed by atoms with Gasteiger partial charge in [-0.2, -0.15) is 0 Å². The topological polar surface area (TPSA) is 69.4 Å². The number of aromatic nitrogens is 4. The summed E-state index contributed by atoms with van der Waals surface area (Å²) in [5.41, 5.74) is 7.86. The molecule has 3 N–H and O–H groups in total. The maximum absolute atomic E-state index is 4.63. The second kappa shape index (κ2) is 8.55. The molecule has 31 heavy (non-hydrogen) atoms. The quantitative estimate of drug-likeness (QED) is 0.305. The Morgan fingerprint density at radius 2 is 0.806 bits per heavy atom. The van der Waals surface area contributed by atoms with E-state index in [-0.39, 0.29) is 0 Å². The number of allylic oxidation sites excluding steroid dienone is 4. The average molecular weight is 403 g/mol. The van der Waals surface area contributed by atoms with Crippen LogP contribution in [0.2, 0.25) is 0 Å². The molecule has 150 valence electrons. The average Bonchev–Trinajstić information content (AvgIpc) is 3.53. The maximum Gasteiger partial charge on any atom is 0.0658 e. The van der Waals surface area contributed by atoms with Crippen LogP contribution in [0.4, 0.5) is 0 Å². The highest BCUT2D eigenvalue weighted by molar-refractivity contribution is 5.77. The second-order valence-electron chi connectivity index (χ2n) is 7.17. The van der Waals surface area contributed by atoms with Crippen LogP contribution in [0.3, 0.4) is 0 Å². The van der Waals surface area contributed by atoms with Gasteiger partial charge in [-0.15, -0.1) is 0 Å². The zero-order chi connectivity index (χ0) is 20.9. The minimum Gasteiger partial charge on any atom is -0.368 e. The van der Waals surface area contributed by atoms with Crippen LogP contribution in [0.1, 0.15) is 22.8 Å². The third-order valence-electron chi connectivity index (χ3n) is 4.76. The van der Waals surface area contributed by atoms with E-state index < -0.39 is 0 Å². The van der Waals surface area contributed by atoms with Gasteiger partial charge in [0.15, 0.2) is 0 Å². The largest absolute Gasteiger partial charge is 0.368 e. The van der Waals surface area contributed by atoms with Gasteiger partial charge in [-0.25, -0.2) is 9.97 Å². The molecule has 6 rings (SSSR count). The Balaban J connectivity index is 0.000000250. The van der Waals surface area contributed by atoms with E-state index >= 15 is 0 Å². The first-order valence-electron chi connectivity index (χ1n) is 10.1. The molecule has 3 aliphatic rings. The molecule has 0 fully saturated rings. The molecule has 5 heteroatoms. The van der Waals surface area contributed by atoms with Gasteiger partial charge in [0.1, 0.15) is 0 Å². The van der Waals surface area contributed by atoms with E-state index in [0.29, 0.717) is 0 Å². The van der Waals surface area contributed by atoms with Crippen molar-refractivity contribution >= 4 is 46.4 Å². The number of aromatic amines is 2. The first-order valence-corrected chi connectivity index (χ1v) is 10.1. The van der Waals surface area contributed by atoms with Crippen LogP contribution in [0.5, 0.6) is 0 Å². The minimum atomic E-state index is 0.939. The molecule has 0 aliphatic carbocycles. The summed E-state index contributed by atoms with van der Waals surface area (Å²) in [5, 5.41) is 2.92. The van der Waals surface area contributed by atoms with Crippen molar-refractivity contribution in [3.8, 4) is 0 Å². The van der Waals surface area contributed by atoms with Crippen molar-refractivity contribution in [3.05, 3.63) is 108 Å². The Kier molecular flexibility index (Phi) is 5.14. The molecule has 0 saturated heterocycles. The molecule has 3 aromatic heterocycles. The second-order valence-corrected chi connectivity index (χ2v) is 7.17. The lowest BCUT2D eigenvalue weighted by atomic mass is 10.3. The van der Waals surface area contributed by atoms with Crippen LogP contribution in [0, 0.1) is 0 Å². The lowest BCUT2D eigenvalue weighted by molar-refractivity contribution is 1.20. The molecular weight excluding hydrogens is 382 g/mol. The Bertz CT molecular complexity index is 1220. The van der Waals surface area contributed by atoms with E-state index in [4.69, 9.17) is 0 Å². The number of fused-ring (bicyclic) bond motifs is 8. The van der Waals surface area contributed by atoms with E-state index in [0.717, 1.165) is 44.8 Å². The van der Waals surface area contributed by atoms with Gasteiger partial charge in [-0.1, -0.05) is 12.2 Å². The molecule has 0 spiro atoms. The molecule has 8 bridgehead atoms. The first kappa shape index (κ1) is 18.6. The van der Waals surface area contributed by atoms with Crippen LogP contribution < -0.4 is 5.32 Å². The van der Waals surface area contributed by atoms with E-state index in [9.17, 15) is 0 Å². The Morgan fingerprint density at radius 3 is 1.16 bits per heavy atom. The molecule has 3 aliphatic heterocycles. The first-order chi connectivity index (χ1) is 15.3. The molecule has 0 amide bonds. The molecule has 0 atom stereocenters. The predicted molar refractivity (Wildman–Crippen MR) is 129 cm³/mol. The number of nitrogens with one attached hydrogen (secondary N) is 3. The molecular formula is C26H21N5. The zero-order valence-corrected chi connectivity index (χ0v) is 16.8. The van der Waals surface area contributed by atoms with Gasteiger partial charge in [-0.3, -0.25) is 0 Å². The number of hydrogen-bond acceptors (Lipinski definition) is 3. The lowest BCUT2D eigenvalue weighted by Gasteiger charge is -1.85. The third kappa shape index (κ3) is 4.79. The summed E-state index contributed by atoms with van der Waals surface area (Å²) in [6.07, 6.45) is 19.7. The molecule has 0 aromatic carbocycles. The van der Waals surface area contributed by atoms with Crippen LogP contribution >= 0.6 is 0 Å². The van der Waals surface area contributed by atoms with Gasteiger partial charge in [-0.05, 0) is 85.0 Å². The summed E-state index contributed by atoms with van der Waals surface area (Å²) in [6, 6.07) is 16.4. The van der Waals surface area contributed by atoms with Gasteiger partial charge in [0.05, 0.1) is 22.8 Å². The van der Waals surface area contributed by atoms with Crippen LogP contribution in [-0.4, -0.2) is 19.9 Å². The summed E-state index contributed by atoms with van der Waals surface area (Å²) >= 11 is 0. The fourth-order valence-electron chi connectivity index (χ4n) is 3.35.